The second-order valence-electron chi connectivity index (χ2n) is 6.83. The van der Waals surface area contributed by atoms with E-state index in [1.165, 1.54) is 19.3 Å². The Hall–Kier alpha value is -2.41. The van der Waals surface area contributed by atoms with Gasteiger partial charge < -0.3 is 21.7 Å². The van der Waals surface area contributed by atoms with Crippen molar-refractivity contribution >= 4 is 17.6 Å². The molecule has 2 rings (SSSR count). The van der Waals surface area contributed by atoms with Crippen LogP contribution in [0.1, 0.15) is 50.2 Å². The van der Waals surface area contributed by atoms with Gasteiger partial charge in [-0.15, -0.1) is 0 Å². The third-order valence-electron chi connectivity index (χ3n) is 4.66. The van der Waals surface area contributed by atoms with Crippen molar-refractivity contribution in [3.8, 4) is 0 Å². The van der Waals surface area contributed by atoms with Gasteiger partial charge in [0.05, 0.1) is 6.54 Å². The zero-order chi connectivity index (χ0) is 18.9. The Morgan fingerprint density at radius 3 is 2.46 bits per heavy atom. The normalized spacial score (nSPS) is 15.9. The summed E-state index contributed by atoms with van der Waals surface area (Å²) in [6, 6.07) is 6.93. The van der Waals surface area contributed by atoms with E-state index >= 15 is 0 Å². The number of nitrogens with two attached hydrogens (primary N) is 1. The summed E-state index contributed by atoms with van der Waals surface area (Å²) in [7, 11) is 0. The Morgan fingerprint density at radius 2 is 1.85 bits per heavy atom. The van der Waals surface area contributed by atoms with Gasteiger partial charge in [-0.1, -0.05) is 43.5 Å². The Balaban J connectivity index is 1.69. The number of nitrogens with one attached hydrogen (secondary N) is 4. The highest BCUT2D eigenvalue weighted by molar-refractivity contribution is 5.94. The molecule has 1 atom stereocenters. The molecule has 0 aromatic heterocycles. The van der Waals surface area contributed by atoms with Gasteiger partial charge in [0.2, 0.25) is 11.8 Å². The first kappa shape index (κ1) is 19.9. The van der Waals surface area contributed by atoms with Crippen LogP contribution in [0.2, 0.25) is 0 Å². The van der Waals surface area contributed by atoms with Crippen molar-refractivity contribution in [2.75, 3.05) is 6.54 Å². The first-order valence-electron chi connectivity index (χ1n) is 9.19. The average molecular weight is 359 g/mol. The highest BCUT2D eigenvalue weighted by atomic mass is 16.2. The Kier molecular flexibility index (Phi) is 7.59. The number of carbonyl (C=O) groups excluding carboxylic acids is 2. The number of hydrogen-bond acceptors (Lipinski definition) is 4. The fourth-order valence-electron chi connectivity index (χ4n) is 3.05. The van der Waals surface area contributed by atoms with Crippen LogP contribution in [0.15, 0.2) is 24.3 Å². The number of nitrogen functional groups attached to an aromatic ring is 1. The van der Waals surface area contributed by atoms with Gasteiger partial charge in [-0.2, -0.15) is 0 Å². The van der Waals surface area contributed by atoms with Gasteiger partial charge >= 0.3 is 0 Å². The second kappa shape index (κ2) is 9.91. The van der Waals surface area contributed by atoms with Gasteiger partial charge in [0.25, 0.3) is 0 Å². The molecule has 0 bridgehead atoms. The van der Waals surface area contributed by atoms with Crippen LogP contribution >= 0.6 is 0 Å². The van der Waals surface area contributed by atoms with Crippen LogP contribution in [0.3, 0.4) is 0 Å². The van der Waals surface area contributed by atoms with Crippen LogP contribution in [0, 0.1) is 5.41 Å². The smallest absolute Gasteiger partial charge is 0.242 e. The Morgan fingerprint density at radius 1 is 1.19 bits per heavy atom. The van der Waals surface area contributed by atoms with E-state index < -0.39 is 6.04 Å². The summed E-state index contributed by atoms with van der Waals surface area (Å²) in [5.41, 5.74) is 6.96. The molecule has 0 aliphatic heterocycles. The first-order valence-corrected chi connectivity index (χ1v) is 9.19. The summed E-state index contributed by atoms with van der Waals surface area (Å²) >= 11 is 0. The first-order chi connectivity index (χ1) is 12.5. The molecule has 6 N–H and O–H groups in total. The molecule has 142 valence electrons. The minimum absolute atomic E-state index is 0.0127. The largest absolute Gasteiger partial charge is 0.384 e. The molecule has 0 saturated heterocycles. The van der Waals surface area contributed by atoms with Gasteiger partial charge in [-0.05, 0) is 25.3 Å². The second-order valence-corrected chi connectivity index (χ2v) is 6.83. The molecular formula is C19H29N5O2. The maximum Gasteiger partial charge on any atom is 0.242 e. The van der Waals surface area contributed by atoms with Crippen LogP contribution in [0.25, 0.3) is 0 Å². The third kappa shape index (κ3) is 6.48. The van der Waals surface area contributed by atoms with E-state index in [2.05, 4.69) is 16.0 Å². The van der Waals surface area contributed by atoms with Crippen molar-refractivity contribution in [2.24, 2.45) is 5.73 Å². The molecule has 1 aromatic carbocycles. The number of benzene rings is 1. The van der Waals surface area contributed by atoms with Crippen molar-refractivity contribution in [2.45, 2.75) is 57.7 Å². The van der Waals surface area contributed by atoms with E-state index in [-0.39, 0.29) is 24.2 Å². The lowest BCUT2D eigenvalue weighted by atomic mass is 9.95. The molecule has 1 saturated carbocycles. The maximum absolute atomic E-state index is 12.1. The number of hydrogen-bond donors (Lipinski definition) is 5. The highest BCUT2D eigenvalue weighted by Gasteiger charge is 2.17. The summed E-state index contributed by atoms with van der Waals surface area (Å²) in [6.07, 6.45) is 5.94. The monoisotopic (exact) mass is 359 g/mol. The van der Waals surface area contributed by atoms with Crippen molar-refractivity contribution in [1.82, 2.24) is 16.0 Å². The van der Waals surface area contributed by atoms with Gasteiger partial charge in [-0.3, -0.25) is 15.0 Å². The summed E-state index contributed by atoms with van der Waals surface area (Å²) in [5, 5.41) is 16.1. The highest BCUT2D eigenvalue weighted by Crippen LogP contribution is 2.16. The zero-order valence-electron chi connectivity index (χ0n) is 15.3. The molecular weight excluding hydrogens is 330 g/mol. The van der Waals surface area contributed by atoms with Crippen LogP contribution in [-0.4, -0.2) is 36.3 Å². The van der Waals surface area contributed by atoms with Crippen LogP contribution in [0.4, 0.5) is 0 Å². The van der Waals surface area contributed by atoms with Crippen LogP contribution in [0.5, 0.6) is 0 Å². The van der Waals surface area contributed by atoms with E-state index in [0.29, 0.717) is 18.2 Å². The fraction of sp³-hybridized carbons (Fsp3) is 0.526. The molecule has 1 aliphatic rings. The predicted octanol–water partition coefficient (Wildman–Crippen LogP) is 1.01. The van der Waals surface area contributed by atoms with E-state index in [4.69, 9.17) is 11.1 Å². The van der Waals surface area contributed by atoms with Crippen molar-refractivity contribution in [1.29, 1.82) is 5.41 Å². The predicted molar refractivity (Wildman–Crippen MR) is 102 cm³/mol. The summed E-state index contributed by atoms with van der Waals surface area (Å²) in [4.78, 5) is 24.1. The van der Waals surface area contributed by atoms with Gasteiger partial charge in [0.15, 0.2) is 0 Å². The maximum atomic E-state index is 12.1. The molecule has 1 aromatic rings. The molecule has 0 radical (unpaired) electrons. The Bertz CT molecular complexity index is 623. The van der Waals surface area contributed by atoms with Crippen LogP contribution < -0.4 is 21.7 Å². The minimum Gasteiger partial charge on any atom is -0.384 e. The standard InChI is InChI=1S/C19H29N5O2/c1-13(24-17(25)12-22-16-5-3-2-4-6-16)19(26)23-11-14-7-9-15(10-8-14)18(20)21/h7-10,13,16,22H,2-6,11-12H2,1H3,(H3,20,21)(H,23,26)(H,24,25). The van der Waals surface area contributed by atoms with Crippen LogP contribution in [-0.2, 0) is 16.1 Å². The molecule has 7 nitrogen and oxygen atoms in total. The molecule has 2 amide bonds. The molecule has 1 aliphatic carbocycles. The number of amidine groups is 1. The Labute approximate surface area is 154 Å². The summed E-state index contributed by atoms with van der Waals surface area (Å²) in [6.45, 7) is 2.28. The third-order valence-corrected chi connectivity index (χ3v) is 4.66. The van der Waals surface area contributed by atoms with Crippen molar-refractivity contribution in [3.05, 3.63) is 35.4 Å². The lowest BCUT2D eigenvalue weighted by Gasteiger charge is -2.23. The lowest BCUT2D eigenvalue weighted by molar-refractivity contribution is -0.128. The SMILES string of the molecule is CC(NC(=O)CNC1CCCCC1)C(=O)NCc1ccc(C(=N)N)cc1. The van der Waals surface area contributed by atoms with Crippen molar-refractivity contribution < 1.29 is 9.59 Å². The molecule has 7 heteroatoms. The fourth-order valence-corrected chi connectivity index (χ4v) is 3.05. The van der Waals surface area contributed by atoms with E-state index in [0.717, 1.165) is 18.4 Å². The molecule has 26 heavy (non-hydrogen) atoms. The van der Waals surface area contributed by atoms with E-state index in [1.807, 2.05) is 12.1 Å². The zero-order valence-corrected chi connectivity index (χ0v) is 15.3. The summed E-state index contributed by atoms with van der Waals surface area (Å²) < 4.78 is 0. The summed E-state index contributed by atoms with van der Waals surface area (Å²) in [5.74, 6) is -0.380. The number of rotatable bonds is 8. The molecule has 0 spiro atoms. The van der Waals surface area contributed by atoms with E-state index in [1.54, 1.807) is 19.1 Å². The van der Waals surface area contributed by atoms with Crippen molar-refractivity contribution in [3.63, 3.8) is 0 Å². The molecule has 0 heterocycles. The van der Waals surface area contributed by atoms with Gasteiger partial charge in [0, 0.05) is 18.2 Å². The van der Waals surface area contributed by atoms with Gasteiger partial charge in [0.1, 0.15) is 11.9 Å². The number of carbonyl (C=O) groups is 2. The molecule has 1 unspecified atom stereocenters. The van der Waals surface area contributed by atoms with Gasteiger partial charge in [-0.25, -0.2) is 0 Å². The minimum atomic E-state index is -0.591. The van der Waals surface area contributed by atoms with E-state index in [9.17, 15) is 9.59 Å². The number of amides is 2. The average Bonchev–Trinajstić information content (AvgIpc) is 2.65. The quantitative estimate of drug-likeness (QED) is 0.351. The molecule has 1 fully saturated rings. The lowest BCUT2D eigenvalue weighted by Crippen LogP contribution is -2.48. The topological polar surface area (TPSA) is 120 Å².